The molecule has 1 aromatic carbocycles. The number of hydrogen-bond acceptors (Lipinski definition) is 5. The van der Waals surface area contributed by atoms with E-state index in [1.54, 1.807) is 0 Å². The van der Waals surface area contributed by atoms with Crippen LogP contribution in [0.2, 0.25) is 0 Å². The topological polar surface area (TPSA) is 61.8 Å². The predicted octanol–water partition coefficient (Wildman–Crippen LogP) is 1.58. The summed E-state index contributed by atoms with van der Waals surface area (Å²) in [4.78, 5) is 11.2. The average Bonchev–Trinajstić information content (AvgIpc) is 2.37. The third-order valence-corrected chi connectivity index (χ3v) is 3.98. The SMILES string of the molecule is COC(=O)c1ccc(P(=O)(OC)OC)cc1. The van der Waals surface area contributed by atoms with Crippen molar-refractivity contribution in [1.82, 2.24) is 0 Å². The van der Waals surface area contributed by atoms with Crippen LogP contribution in [0.1, 0.15) is 10.4 Å². The molecule has 0 heterocycles. The van der Waals surface area contributed by atoms with Crippen LogP contribution >= 0.6 is 7.60 Å². The minimum absolute atomic E-state index is 0.380. The van der Waals surface area contributed by atoms with Gasteiger partial charge in [-0.15, -0.1) is 0 Å². The molecule has 88 valence electrons. The minimum atomic E-state index is -3.24. The van der Waals surface area contributed by atoms with E-state index in [4.69, 9.17) is 9.05 Å². The number of ether oxygens (including phenoxy) is 1. The summed E-state index contributed by atoms with van der Waals surface area (Å²) in [5.41, 5.74) is 0.380. The number of methoxy groups -OCH3 is 1. The fraction of sp³-hybridized carbons (Fsp3) is 0.300. The second kappa shape index (κ2) is 5.25. The Morgan fingerprint density at radius 1 is 1.06 bits per heavy atom. The molecule has 5 nitrogen and oxygen atoms in total. The largest absolute Gasteiger partial charge is 0.465 e. The first-order chi connectivity index (χ1) is 7.57. The van der Waals surface area contributed by atoms with Crippen LogP contribution < -0.4 is 5.30 Å². The molecule has 0 N–H and O–H groups in total. The molecule has 1 rings (SSSR count). The van der Waals surface area contributed by atoms with Crippen molar-refractivity contribution in [3.63, 3.8) is 0 Å². The summed E-state index contributed by atoms with van der Waals surface area (Å²) >= 11 is 0. The molecule has 16 heavy (non-hydrogen) atoms. The maximum Gasteiger partial charge on any atom is 0.360 e. The number of carbonyl (C=O) groups is 1. The number of rotatable bonds is 4. The summed E-state index contributed by atoms with van der Waals surface area (Å²) in [5, 5.41) is 0.394. The lowest BCUT2D eigenvalue weighted by Crippen LogP contribution is -2.09. The van der Waals surface area contributed by atoms with E-state index in [1.807, 2.05) is 0 Å². The Morgan fingerprint density at radius 2 is 1.56 bits per heavy atom. The molecule has 0 spiro atoms. The Labute approximate surface area is 93.9 Å². The highest BCUT2D eigenvalue weighted by Gasteiger charge is 2.24. The van der Waals surface area contributed by atoms with Gasteiger partial charge < -0.3 is 13.8 Å². The first-order valence-corrected chi connectivity index (χ1v) is 6.02. The van der Waals surface area contributed by atoms with Crippen LogP contribution in [0.5, 0.6) is 0 Å². The summed E-state index contributed by atoms with van der Waals surface area (Å²) in [5.74, 6) is -0.448. The van der Waals surface area contributed by atoms with Crippen molar-refractivity contribution in [2.75, 3.05) is 21.3 Å². The lowest BCUT2D eigenvalue weighted by molar-refractivity contribution is 0.0600. The number of benzene rings is 1. The molecule has 0 amide bonds. The summed E-state index contributed by atoms with van der Waals surface area (Å²) in [6, 6.07) is 6.04. The van der Waals surface area contributed by atoms with E-state index >= 15 is 0 Å². The van der Waals surface area contributed by atoms with E-state index in [1.165, 1.54) is 45.6 Å². The molecule has 0 saturated heterocycles. The Bertz CT molecular complexity index is 404. The summed E-state index contributed by atoms with van der Waals surface area (Å²) < 4.78 is 26.1. The third kappa shape index (κ3) is 2.50. The molecular formula is C10H13O5P. The second-order valence-electron chi connectivity index (χ2n) is 2.90. The van der Waals surface area contributed by atoms with Crippen LogP contribution in [0.15, 0.2) is 24.3 Å². The van der Waals surface area contributed by atoms with Gasteiger partial charge in [-0.1, -0.05) is 0 Å². The van der Waals surface area contributed by atoms with Crippen LogP contribution in [-0.4, -0.2) is 27.3 Å². The van der Waals surface area contributed by atoms with Crippen molar-refractivity contribution in [2.24, 2.45) is 0 Å². The van der Waals surface area contributed by atoms with E-state index < -0.39 is 13.6 Å². The van der Waals surface area contributed by atoms with Crippen LogP contribution in [-0.2, 0) is 18.3 Å². The highest BCUT2D eigenvalue weighted by Crippen LogP contribution is 2.44. The number of hydrogen-bond donors (Lipinski definition) is 0. The summed E-state index contributed by atoms with van der Waals surface area (Å²) in [7, 11) is 0.661. The van der Waals surface area contributed by atoms with Gasteiger partial charge in [0.1, 0.15) is 0 Å². The first kappa shape index (κ1) is 12.9. The van der Waals surface area contributed by atoms with Gasteiger partial charge in [-0.05, 0) is 24.3 Å². The molecular weight excluding hydrogens is 231 g/mol. The Morgan fingerprint density at radius 3 is 1.94 bits per heavy atom. The van der Waals surface area contributed by atoms with Gasteiger partial charge in [0, 0.05) is 14.2 Å². The van der Waals surface area contributed by atoms with Gasteiger partial charge in [0.15, 0.2) is 0 Å². The van der Waals surface area contributed by atoms with Gasteiger partial charge in [-0.3, -0.25) is 4.57 Å². The van der Waals surface area contributed by atoms with Crippen LogP contribution in [0, 0.1) is 0 Å². The van der Waals surface area contributed by atoms with Crippen molar-refractivity contribution in [3.8, 4) is 0 Å². The summed E-state index contributed by atoms with van der Waals surface area (Å²) in [6.07, 6.45) is 0. The smallest absolute Gasteiger partial charge is 0.360 e. The number of esters is 1. The Kier molecular flexibility index (Phi) is 4.24. The van der Waals surface area contributed by atoms with E-state index in [0.717, 1.165) is 0 Å². The average molecular weight is 244 g/mol. The van der Waals surface area contributed by atoms with E-state index in [0.29, 0.717) is 10.9 Å². The highest BCUT2D eigenvalue weighted by atomic mass is 31.2. The maximum absolute atomic E-state index is 11.9. The van der Waals surface area contributed by atoms with Crippen molar-refractivity contribution in [1.29, 1.82) is 0 Å². The standard InChI is InChI=1S/C10H13O5P/c1-13-10(11)8-4-6-9(7-5-8)16(12,14-2)15-3/h4-7H,1-3H3. The summed E-state index contributed by atoms with van der Waals surface area (Å²) in [6.45, 7) is 0. The second-order valence-corrected chi connectivity index (χ2v) is 5.14. The van der Waals surface area contributed by atoms with E-state index in [9.17, 15) is 9.36 Å². The van der Waals surface area contributed by atoms with Crippen molar-refractivity contribution >= 4 is 18.9 Å². The molecule has 0 aliphatic carbocycles. The molecule has 6 heteroatoms. The van der Waals surface area contributed by atoms with Gasteiger partial charge in [-0.25, -0.2) is 4.79 Å². The zero-order valence-corrected chi connectivity index (χ0v) is 10.2. The first-order valence-electron chi connectivity index (χ1n) is 4.48. The molecule has 1 aromatic rings. The van der Waals surface area contributed by atoms with Gasteiger partial charge in [0.05, 0.1) is 18.0 Å². The van der Waals surface area contributed by atoms with Crippen LogP contribution in [0.25, 0.3) is 0 Å². The molecule has 0 unspecified atom stereocenters. The highest BCUT2D eigenvalue weighted by molar-refractivity contribution is 7.62. The Hall–Kier alpha value is -1.16. The molecule has 0 aliphatic rings. The van der Waals surface area contributed by atoms with E-state index in [2.05, 4.69) is 4.74 Å². The molecule has 0 saturated carbocycles. The molecule has 0 atom stereocenters. The zero-order chi connectivity index (χ0) is 12.2. The number of carbonyl (C=O) groups excluding carboxylic acids is 1. The predicted molar refractivity (Wildman–Crippen MR) is 59.0 cm³/mol. The van der Waals surface area contributed by atoms with E-state index in [-0.39, 0.29) is 0 Å². The molecule has 0 aromatic heterocycles. The lowest BCUT2D eigenvalue weighted by atomic mass is 10.2. The van der Waals surface area contributed by atoms with Gasteiger partial charge in [0.25, 0.3) is 0 Å². The fourth-order valence-corrected chi connectivity index (χ4v) is 2.27. The quantitative estimate of drug-likeness (QED) is 0.594. The lowest BCUT2D eigenvalue weighted by Gasteiger charge is -2.13. The monoisotopic (exact) mass is 244 g/mol. The van der Waals surface area contributed by atoms with Gasteiger partial charge in [0.2, 0.25) is 0 Å². The Balaban J connectivity index is 3.03. The maximum atomic E-state index is 11.9. The molecule has 0 radical (unpaired) electrons. The normalized spacial score (nSPS) is 11.2. The molecule has 0 fully saturated rings. The zero-order valence-electron chi connectivity index (χ0n) is 9.30. The molecule has 0 bridgehead atoms. The van der Waals surface area contributed by atoms with Crippen molar-refractivity contribution < 1.29 is 23.1 Å². The van der Waals surface area contributed by atoms with Crippen LogP contribution in [0.4, 0.5) is 0 Å². The van der Waals surface area contributed by atoms with Crippen molar-refractivity contribution in [3.05, 3.63) is 29.8 Å². The third-order valence-electron chi connectivity index (χ3n) is 2.09. The van der Waals surface area contributed by atoms with Gasteiger partial charge in [-0.2, -0.15) is 0 Å². The minimum Gasteiger partial charge on any atom is -0.465 e. The molecule has 0 aliphatic heterocycles. The fourth-order valence-electron chi connectivity index (χ4n) is 1.18. The van der Waals surface area contributed by atoms with Crippen LogP contribution in [0.3, 0.4) is 0 Å². The van der Waals surface area contributed by atoms with Crippen molar-refractivity contribution in [2.45, 2.75) is 0 Å². The van der Waals surface area contributed by atoms with Gasteiger partial charge >= 0.3 is 13.6 Å².